The number of nitrogens with zero attached hydrogens (tertiary/aromatic N) is 1. The second-order valence-electron chi connectivity index (χ2n) is 3.40. The fourth-order valence-corrected chi connectivity index (χ4v) is 1.27. The molecule has 0 saturated heterocycles. The Morgan fingerprint density at radius 3 is 2.77 bits per heavy atom. The molecule has 0 atom stereocenters. The van der Waals surface area contributed by atoms with Crippen LogP contribution < -0.4 is 5.73 Å². The van der Waals surface area contributed by atoms with E-state index in [-0.39, 0.29) is 5.88 Å². The van der Waals surface area contributed by atoms with Crippen LogP contribution in [0.5, 0.6) is 0 Å². The van der Waals surface area contributed by atoms with Gasteiger partial charge in [0.25, 0.3) is 0 Å². The van der Waals surface area contributed by atoms with E-state index in [4.69, 9.17) is 10.8 Å². The predicted octanol–water partition coefficient (Wildman–Crippen LogP) is 1.16. The summed E-state index contributed by atoms with van der Waals surface area (Å²) in [5.74, 6) is -0.0845. The summed E-state index contributed by atoms with van der Waals surface area (Å²) in [6, 6.07) is 0. The highest BCUT2D eigenvalue weighted by Gasteiger charge is 2.10. The van der Waals surface area contributed by atoms with Crippen molar-refractivity contribution in [2.45, 2.75) is 6.42 Å². The van der Waals surface area contributed by atoms with Gasteiger partial charge in [-0.15, -0.1) is 0 Å². The van der Waals surface area contributed by atoms with Crippen molar-refractivity contribution >= 4 is 0 Å². The third-order valence-corrected chi connectivity index (χ3v) is 2.01. The lowest BCUT2D eigenvalue weighted by Gasteiger charge is -2.11. The summed E-state index contributed by atoms with van der Waals surface area (Å²) >= 11 is 0. The fraction of sp³-hybridized carbons (Fsp3) is 0.400. The number of aliphatic hydroxyl groups excluding tert-OH is 1. The third-order valence-electron chi connectivity index (χ3n) is 2.01. The van der Waals surface area contributed by atoms with Gasteiger partial charge in [0, 0.05) is 12.1 Å². The Hall–Kier alpha value is -1.22. The van der Waals surface area contributed by atoms with Crippen LogP contribution in [0, 0.1) is 0 Å². The summed E-state index contributed by atoms with van der Waals surface area (Å²) in [4.78, 5) is 2.10. The maximum atomic E-state index is 9.14. The predicted molar refractivity (Wildman–Crippen MR) is 54.2 cm³/mol. The van der Waals surface area contributed by atoms with Gasteiger partial charge in [0.1, 0.15) is 0 Å². The number of nitrogens with two attached hydrogens (primary N) is 1. The van der Waals surface area contributed by atoms with Crippen LogP contribution in [-0.4, -0.2) is 30.6 Å². The van der Waals surface area contributed by atoms with Gasteiger partial charge in [0.05, 0.1) is 0 Å². The summed E-state index contributed by atoms with van der Waals surface area (Å²) in [6.07, 6.45) is 6.64. The van der Waals surface area contributed by atoms with E-state index in [1.165, 1.54) is 0 Å². The zero-order chi connectivity index (χ0) is 9.84. The Bertz CT molecular complexity index is 271. The van der Waals surface area contributed by atoms with Crippen molar-refractivity contribution < 1.29 is 5.11 Å². The van der Waals surface area contributed by atoms with Crippen LogP contribution in [0.3, 0.4) is 0 Å². The molecular weight excluding hydrogens is 164 g/mol. The maximum Gasteiger partial charge on any atom is 0.189 e. The van der Waals surface area contributed by atoms with E-state index in [0.29, 0.717) is 0 Å². The second-order valence-corrected chi connectivity index (χ2v) is 3.40. The number of hydrogen-bond donors (Lipinski definition) is 2. The van der Waals surface area contributed by atoms with E-state index in [2.05, 4.69) is 4.90 Å². The van der Waals surface area contributed by atoms with Crippen LogP contribution in [-0.2, 0) is 0 Å². The van der Waals surface area contributed by atoms with Gasteiger partial charge in [-0.1, -0.05) is 12.2 Å². The van der Waals surface area contributed by atoms with Crippen molar-refractivity contribution in [2.24, 2.45) is 5.73 Å². The molecule has 0 fully saturated rings. The first-order chi connectivity index (χ1) is 6.11. The van der Waals surface area contributed by atoms with Crippen molar-refractivity contribution in [3.63, 3.8) is 0 Å². The van der Waals surface area contributed by atoms with Gasteiger partial charge in [0.15, 0.2) is 5.88 Å². The lowest BCUT2D eigenvalue weighted by atomic mass is 10.1. The third kappa shape index (κ3) is 2.63. The van der Waals surface area contributed by atoms with Crippen LogP contribution in [0.4, 0.5) is 0 Å². The van der Waals surface area contributed by atoms with Crippen molar-refractivity contribution in [1.29, 1.82) is 0 Å². The SMILES string of the molecule is CN(C)CCC1=CC=CC1=C(N)O. The largest absolute Gasteiger partial charge is 0.495 e. The van der Waals surface area contributed by atoms with E-state index in [1.54, 1.807) is 0 Å². The van der Waals surface area contributed by atoms with Gasteiger partial charge in [-0.3, -0.25) is 0 Å². The van der Waals surface area contributed by atoms with E-state index in [1.807, 2.05) is 32.3 Å². The Morgan fingerprint density at radius 2 is 2.23 bits per heavy atom. The minimum absolute atomic E-state index is 0.0845. The summed E-state index contributed by atoms with van der Waals surface area (Å²) in [5, 5.41) is 9.14. The molecule has 1 aliphatic carbocycles. The van der Waals surface area contributed by atoms with Crippen molar-refractivity contribution in [1.82, 2.24) is 4.90 Å². The molecule has 0 radical (unpaired) electrons. The van der Waals surface area contributed by atoms with Gasteiger partial charge in [0.2, 0.25) is 0 Å². The Morgan fingerprint density at radius 1 is 1.54 bits per heavy atom. The Balaban J connectivity index is 2.58. The minimum atomic E-state index is -0.0845. The summed E-state index contributed by atoms with van der Waals surface area (Å²) in [7, 11) is 4.04. The first kappa shape index (κ1) is 9.86. The molecule has 0 saturated carbocycles. The number of allylic oxidation sites excluding steroid dienone is 4. The topological polar surface area (TPSA) is 49.5 Å². The van der Waals surface area contributed by atoms with Crippen LogP contribution in [0.25, 0.3) is 0 Å². The highest BCUT2D eigenvalue weighted by molar-refractivity contribution is 5.49. The molecule has 0 amide bonds. The van der Waals surface area contributed by atoms with Gasteiger partial charge in [-0.05, 0) is 32.2 Å². The van der Waals surface area contributed by atoms with Crippen LogP contribution in [0.15, 0.2) is 35.3 Å². The van der Waals surface area contributed by atoms with Crippen molar-refractivity contribution in [2.75, 3.05) is 20.6 Å². The summed E-state index contributed by atoms with van der Waals surface area (Å²) in [6.45, 7) is 0.963. The van der Waals surface area contributed by atoms with E-state index in [0.717, 1.165) is 24.1 Å². The molecule has 3 heteroatoms. The monoisotopic (exact) mass is 180 g/mol. The molecule has 0 bridgehead atoms. The number of hydrogen-bond acceptors (Lipinski definition) is 3. The van der Waals surface area contributed by atoms with E-state index in [9.17, 15) is 0 Å². The van der Waals surface area contributed by atoms with Gasteiger partial charge >= 0.3 is 0 Å². The molecule has 0 aromatic heterocycles. The van der Waals surface area contributed by atoms with Crippen molar-refractivity contribution in [3.8, 4) is 0 Å². The zero-order valence-corrected chi connectivity index (χ0v) is 8.12. The molecule has 0 spiro atoms. The highest BCUT2D eigenvalue weighted by atomic mass is 16.3. The molecule has 3 nitrogen and oxygen atoms in total. The van der Waals surface area contributed by atoms with Gasteiger partial charge < -0.3 is 15.7 Å². The molecule has 0 aromatic carbocycles. The molecule has 0 aromatic rings. The fourth-order valence-electron chi connectivity index (χ4n) is 1.27. The van der Waals surface area contributed by atoms with Crippen molar-refractivity contribution in [3.05, 3.63) is 35.3 Å². The molecule has 1 rings (SSSR count). The second kappa shape index (κ2) is 4.14. The molecule has 1 aliphatic rings. The average Bonchev–Trinajstić information content (AvgIpc) is 2.47. The molecule has 0 heterocycles. The molecule has 72 valence electrons. The zero-order valence-electron chi connectivity index (χ0n) is 8.12. The standard InChI is InChI=1S/C10H16N2O/c1-12(2)7-6-8-4-3-5-9(8)10(11)13/h3-5,13H,6-7,11H2,1-2H3. The quantitative estimate of drug-likeness (QED) is 0.641. The Kier molecular flexibility index (Phi) is 3.14. The highest BCUT2D eigenvalue weighted by Crippen LogP contribution is 2.22. The first-order valence-corrected chi connectivity index (χ1v) is 4.32. The molecule has 3 N–H and O–H groups in total. The normalized spacial score (nSPS) is 19.5. The lowest BCUT2D eigenvalue weighted by molar-refractivity contribution is 0.397. The van der Waals surface area contributed by atoms with E-state index < -0.39 is 0 Å². The number of aliphatic hydroxyl groups is 1. The van der Waals surface area contributed by atoms with Crippen LogP contribution in [0.2, 0.25) is 0 Å². The smallest absolute Gasteiger partial charge is 0.189 e. The maximum absolute atomic E-state index is 9.14. The van der Waals surface area contributed by atoms with E-state index >= 15 is 0 Å². The molecule has 0 unspecified atom stereocenters. The minimum Gasteiger partial charge on any atom is -0.495 e. The van der Waals surface area contributed by atoms with Crippen LogP contribution in [0.1, 0.15) is 6.42 Å². The lowest BCUT2D eigenvalue weighted by Crippen LogP contribution is -2.14. The van der Waals surface area contributed by atoms with Crippen LogP contribution >= 0.6 is 0 Å². The van der Waals surface area contributed by atoms with Gasteiger partial charge in [-0.2, -0.15) is 0 Å². The Labute approximate surface area is 78.8 Å². The average molecular weight is 180 g/mol. The molecular formula is C10H16N2O. The molecule has 13 heavy (non-hydrogen) atoms. The first-order valence-electron chi connectivity index (χ1n) is 4.32. The number of rotatable bonds is 3. The summed E-state index contributed by atoms with van der Waals surface area (Å²) < 4.78 is 0. The molecule has 0 aliphatic heterocycles. The van der Waals surface area contributed by atoms with Gasteiger partial charge in [-0.25, -0.2) is 0 Å². The summed E-state index contributed by atoms with van der Waals surface area (Å²) in [5.41, 5.74) is 7.19.